The summed E-state index contributed by atoms with van der Waals surface area (Å²) in [5, 5.41) is 13.4. The number of hydrogen-bond acceptors (Lipinski definition) is 5. The maximum absolute atomic E-state index is 14.3. The molecule has 3 heterocycles. The molecule has 0 aliphatic carbocycles. The fourth-order valence-corrected chi connectivity index (χ4v) is 6.01. The number of benzene rings is 3. The molecule has 0 spiro atoms. The van der Waals surface area contributed by atoms with E-state index in [2.05, 4.69) is 16.3 Å². The van der Waals surface area contributed by atoms with Crippen LogP contribution in [0.1, 0.15) is 60.1 Å². The Hall–Kier alpha value is -4.28. The highest BCUT2D eigenvalue weighted by Gasteiger charge is 2.35. The Labute approximate surface area is 234 Å². The maximum atomic E-state index is 14.3. The second-order valence-electron chi connectivity index (χ2n) is 10.8. The topological polar surface area (TPSA) is 72.3 Å². The number of amides is 1. The monoisotopic (exact) mass is 533 g/mol. The molecule has 2 aliphatic heterocycles. The summed E-state index contributed by atoms with van der Waals surface area (Å²) in [6.07, 6.45) is 4.49. The van der Waals surface area contributed by atoms with E-state index < -0.39 is 0 Å². The molecule has 0 radical (unpaired) electrons. The number of pyridine rings is 1. The highest BCUT2D eigenvalue weighted by molar-refractivity contribution is 6.08. The lowest BCUT2D eigenvalue weighted by Crippen LogP contribution is -2.46. The summed E-state index contributed by atoms with van der Waals surface area (Å²) in [4.78, 5) is 23.6. The molecule has 6 rings (SSSR count). The Bertz CT molecular complexity index is 1570. The van der Waals surface area contributed by atoms with E-state index in [0.717, 1.165) is 60.1 Å². The summed E-state index contributed by atoms with van der Waals surface area (Å²) in [6, 6.07) is 23.8. The third-order valence-electron chi connectivity index (χ3n) is 8.16. The van der Waals surface area contributed by atoms with Crippen LogP contribution in [0.2, 0.25) is 0 Å². The predicted octanol–water partition coefficient (Wildman–Crippen LogP) is 6.74. The third kappa shape index (κ3) is 5.15. The van der Waals surface area contributed by atoms with Crippen molar-refractivity contribution in [2.75, 3.05) is 25.0 Å². The van der Waals surface area contributed by atoms with Crippen molar-refractivity contribution >= 4 is 22.6 Å². The van der Waals surface area contributed by atoms with Crippen molar-refractivity contribution in [3.63, 3.8) is 0 Å². The number of hydrogen-bond donors (Lipinski definition) is 1. The molecular formula is C33H32FN5O. The van der Waals surface area contributed by atoms with Gasteiger partial charge < -0.3 is 10.2 Å². The van der Waals surface area contributed by atoms with Gasteiger partial charge in [0.25, 0.3) is 5.91 Å². The molecule has 2 saturated heterocycles. The fraction of sp³-hybridized carbons (Fsp3) is 0.303. The summed E-state index contributed by atoms with van der Waals surface area (Å²) in [5.41, 5.74) is 4.83. The van der Waals surface area contributed by atoms with E-state index >= 15 is 0 Å². The highest BCUT2D eigenvalue weighted by Crippen LogP contribution is 2.32. The van der Waals surface area contributed by atoms with Crippen LogP contribution in [0, 0.1) is 17.1 Å². The zero-order valence-electron chi connectivity index (χ0n) is 22.6. The van der Waals surface area contributed by atoms with Gasteiger partial charge in [0.15, 0.2) is 0 Å². The molecule has 202 valence electrons. The number of fused-ring (bicyclic) bond motifs is 1. The number of aromatic nitrogens is 1. The molecule has 7 heteroatoms. The summed E-state index contributed by atoms with van der Waals surface area (Å²) in [6.45, 7) is 4.82. The van der Waals surface area contributed by atoms with Crippen molar-refractivity contribution in [2.45, 2.75) is 44.8 Å². The molecular weight excluding hydrogens is 501 g/mol. The molecule has 1 N–H and O–H groups in total. The van der Waals surface area contributed by atoms with Crippen LogP contribution in [-0.2, 0) is 0 Å². The van der Waals surface area contributed by atoms with Crippen LogP contribution in [0.4, 0.5) is 10.2 Å². The minimum atomic E-state index is -0.274. The lowest BCUT2D eigenvalue weighted by Gasteiger charge is -2.32. The van der Waals surface area contributed by atoms with Gasteiger partial charge in [0, 0.05) is 31.1 Å². The molecule has 4 aromatic rings. The van der Waals surface area contributed by atoms with Crippen molar-refractivity contribution in [1.82, 2.24) is 14.8 Å². The van der Waals surface area contributed by atoms with E-state index in [1.54, 1.807) is 24.3 Å². The highest BCUT2D eigenvalue weighted by atomic mass is 19.1. The number of anilines is 1. The van der Waals surface area contributed by atoms with Crippen LogP contribution in [0.25, 0.3) is 22.0 Å². The number of carbonyl (C=O) groups excluding carboxylic acids is 1. The second-order valence-corrected chi connectivity index (χ2v) is 10.8. The van der Waals surface area contributed by atoms with Crippen molar-refractivity contribution in [3.05, 3.63) is 95.3 Å². The van der Waals surface area contributed by atoms with E-state index in [1.807, 2.05) is 48.2 Å². The lowest BCUT2D eigenvalue weighted by molar-refractivity contribution is 0.0533. The van der Waals surface area contributed by atoms with E-state index in [9.17, 15) is 14.4 Å². The van der Waals surface area contributed by atoms with Gasteiger partial charge in [-0.1, -0.05) is 30.3 Å². The Morgan fingerprint density at radius 1 is 0.975 bits per heavy atom. The van der Waals surface area contributed by atoms with Gasteiger partial charge in [-0.15, -0.1) is 0 Å². The van der Waals surface area contributed by atoms with Gasteiger partial charge in [0.1, 0.15) is 11.6 Å². The van der Waals surface area contributed by atoms with Crippen LogP contribution in [0.5, 0.6) is 0 Å². The van der Waals surface area contributed by atoms with Crippen molar-refractivity contribution in [1.29, 1.82) is 5.26 Å². The Kier molecular flexibility index (Phi) is 7.19. The number of halogens is 1. The van der Waals surface area contributed by atoms with Crippen molar-refractivity contribution in [3.8, 4) is 17.2 Å². The molecule has 2 fully saturated rings. The number of nitriles is 1. The molecule has 2 atom stereocenters. The molecule has 6 nitrogen and oxygen atoms in total. The van der Waals surface area contributed by atoms with Crippen LogP contribution in [-0.4, -0.2) is 46.5 Å². The molecule has 2 unspecified atom stereocenters. The second kappa shape index (κ2) is 11.1. The van der Waals surface area contributed by atoms with Gasteiger partial charge in [-0.25, -0.2) is 9.37 Å². The van der Waals surface area contributed by atoms with Gasteiger partial charge in [0.2, 0.25) is 0 Å². The summed E-state index contributed by atoms with van der Waals surface area (Å²) < 4.78 is 13.5. The lowest BCUT2D eigenvalue weighted by atomic mass is 9.99. The number of carbonyl (C=O) groups is 1. The van der Waals surface area contributed by atoms with Gasteiger partial charge in [-0.3, -0.25) is 9.69 Å². The van der Waals surface area contributed by atoms with E-state index in [4.69, 9.17) is 4.98 Å². The summed E-state index contributed by atoms with van der Waals surface area (Å²) in [7, 11) is 0. The minimum absolute atomic E-state index is 0.0243. The van der Waals surface area contributed by atoms with Crippen LogP contribution in [0.3, 0.4) is 0 Å². The Balaban J connectivity index is 1.40. The van der Waals surface area contributed by atoms with Crippen LogP contribution >= 0.6 is 0 Å². The van der Waals surface area contributed by atoms with Crippen molar-refractivity contribution < 1.29 is 9.18 Å². The SMILES string of the molecule is CC(Nc1cc(C(=O)N2CCCC2N2CCCC2)c2cc(-c3ccc(C#N)cc3)ccc2n1)c1ccc(F)cc1. The first-order valence-electron chi connectivity index (χ1n) is 14.0. The largest absolute Gasteiger partial charge is 0.364 e. The normalized spacial score (nSPS) is 18.1. The number of likely N-dealkylation sites (tertiary alicyclic amines) is 2. The van der Waals surface area contributed by atoms with Gasteiger partial charge in [-0.05, 0) is 91.8 Å². The summed E-state index contributed by atoms with van der Waals surface area (Å²) >= 11 is 0. The third-order valence-corrected chi connectivity index (χ3v) is 8.16. The zero-order chi connectivity index (χ0) is 27.6. The average Bonchev–Trinajstić information content (AvgIpc) is 3.69. The molecule has 0 saturated carbocycles. The van der Waals surface area contributed by atoms with Crippen LogP contribution in [0.15, 0.2) is 72.8 Å². The van der Waals surface area contributed by atoms with Crippen molar-refractivity contribution in [2.24, 2.45) is 0 Å². The molecule has 0 bridgehead atoms. The van der Waals surface area contributed by atoms with E-state index in [1.165, 1.54) is 25.0 Å². The quantitative estimate of drug-likeness (QED) is 0.297. The molecule has 2 aliphatic rings. The summed E-state index contributed by atoms with van der Waals surface area (Å²) in [5.74, 6) is 0.357. The van der Waals surface area contributed by atoms with E-state index in [0.29, 0.717) is 16.9 Å². The average molecular weight is 534 g/mol. The fourth-order valence-electron chi connectivity index (χ4n) is 6.01. The number of nitrogens with zero attached hydrogens (tertiary/aromatic N) is 4. The Morgan fingerprint density at radius 3 is 2.42 bits per heavy atom. The number of rotatable bonds is 6. The molecule has 3 aromatic carbocycles. The van der Waals surface area contributed by atoms with Gasteiger partial charge in [0.05, 0.1) is 28.9 Å². The molecule has 1 aromatic heterocycles. The Morgan fingerprint density at radius 2 is 1.70 bits per heavy atom. The van der Waals surface area contributed by atoms with E-state index in [-0.39, 0.29) is 23.9 Å². The molecule has 1 amide bonds. The predicted molar refractivity (Wildman–Crippen MR) is 155 cm³/mol. The minimum Gasteiger partial charge on any atom is -0.364 e. The van der Waals surface area contributed by atoms with Gasteiger partial charge >= 0.3 is 0 Å². The first kappa shape index (κ1) is 26.0. The van der Waals surface area contributed by atoms with Gasteiger partial charge in [-0.2, -0.15) is 5.26 Å². The van der Waals surface area contributed by atoms with Crippen LogP contribution < -0.4 is 5.32 Å². The standard InChI is InChI=1S/C33H32FN5O/c1-22(24-10-13-27(34)14-11-24)36-31-20-29(33(40)39-18-4-5-32(39)38-16-2-3-17-38)28-19-26(12-15-30(28)37-31)25-8-6-23(21-35)7-9-25/h6-15,19-20,22,32H,2-5,16-18H2,1H3,(H,36,37). The number of nitrogens with one attached hydrogen (secondary N) is 1. The zero-order valence-corrected chi connectivity index (χ0v) is 22.6. The maximum Gasteiger partial charge on any atom is 0.255 e. The smallest absolute Gasteiger partial charge is 0.255 e. The first-order chi connectivity index (χ1) is 19.5. The first-order valence-corrected chi connectivity index (χ1v) is 14.0. The molecule has 40 heavy (non-hydrogen) atoms.